The standard InChI is InChI=1S/C12H16ClNO3S/c13-18(15,16)10-12-3-1-11(2-4-12)9-14-5-7-17-8-6-14/h1-4H,5-10H2. The van der Waals surface area contributed by atoms with Gasteiger partial charge in [-0.1, -0.05) is 24.3 Å². The molecule has 1 aromatic rings. The molecule has 6 heteroatoms. The maximum absolute atomic E-state index is 10.9. The third kappa shape index (κ3) is 4.57. The van der Waals surface area contributed by atoms with Crippen molar-refractivity contribution in [1.82, 2.24) is 4.90 Å². The van der Waals surface area contributed by atoms with Crippen LogP contribution in [0.3, 0.4) is 0 Å². The van der Waals surface area contributed by atoms with E-state index in [1.165, 1.54) is 5.56 Å². The van der Waals surface area contributed by atoms with Gasteiger partial charge >= 0.3 is 0 Å². The van der Waals surface area contributed by atoms with Crippen LogP contribution >= 0.6 is 10.7 Å². The highest BCUT2D eigenvalue weighted by atomic mass is 35.7. The quantitative estimate of drug-likeness (QED) is 0.790. The van der Waals surface area contributed by atoms with E-state index in [0.29, 0.717) is 0 Å². The molecule has 1 saturated heterocycles. The van der Waals surface area contributed by atoms with Gasteiger partial charge in [0.1, 0.15) is 0 Å². The van der Waals surface area contributed by atoms with Crippen LogP contribution < -0.4 is 0 Å². The van der Waals surface area contributed by atoms with Gasteiger partial charge in [-0.2, -0.15) is 0 Å². The number of rotatable bonds is 4. The Morgan fingerprint density at radius 3 is 2.22 bits per heavy atom. The molecular formula is C12H16ClNO3S. The Hall–Kier alpha value is -0.620. The predicted octanol–water partition coefficient (Wildman–Crippen LogP) is 1.59. The van der Waals surface area contributed by atoms with Gasteiger partial charge in [-0.25, -0.2) is 8.42 Å². The van der Waals surface area contributed by atoms with Gasteiger partial charge in [0.15, 0.2) is 0 Å². The zero-order chi connectivity index (χ0) is 13.0. The molecule has 0 aromatic heterocycles. The van der Waals surface area contributed by atoms with E-state index in [9.17, 15) is 8.42 Å². The van der Waals surface area contributed by atoms with Gasteiger partial charge in [0.25, 0.3) is 0 Å². The van der Waals surface area contributed by atoms with E-state index < -0.39 is 9.05 Å². The first kappa shape index (κ1) is 13.8. The first-order chi connectivity index (χ1) is 8.53. The van der Waals surface area contributed by atoms with Gasteiger partial charge in [0.05, 0.1) is 19.0 Å². The molecular weight excluding hydrogens is 274 g/mol. The highest BCUT2D eigenvalue weighted by molar-refractivity contribution is 8.13. The SMILES string of the molecule is O=S(=O)(Cl)Cc1ccc(CN2CCOCC2)cc1. The molecule has 2 rings (SSSR count). The third-order valence-electron chi connectivity index (χ3n) is 2.87. The minimum absolute atomic E-state index is 0.119. The molecule has 0 saturated carbocycles. The summed E-state index contributed by atoms with van der Waals surface area (Å²) in [5.41, 5.74) is 1.89. The Morgan fingerprint density at radius 1 is 1.11 bits per heavy atom. The molecule has 1 heterocycles. The van der Waals surface area contributed by atoms with E-state index in [2.05, 4.69) is 4.90 Å². The summed E-state index contributed by atoms with van der Waals surface area (Å²) in [6.07, 6.45) is 0. The van der Waals surface area contributed by atoms with Crippen molar-refractivity contribution in [3.05, 3.63) is 35.4 Å². The fourth-order valence-electron chi connectivity index (χ4n) is 1.96. The van der Waals surface area contributed by atoms with Gasteiger partial charge in [-0.3, -0.25) is 4.90 Å². The summed E-state index contributed by atoms with van der Waals surface area (Å²) >= 11 is 0. The van der Waals surface area contributed by atoms with E-state index in [1.54, 1.807) is 0 Å². The largest absolute Gasteiger partial charge is 0.379 e. The van der Waals surface area contributed by atoms with Crippen LogP contribution in [0.5, 0.6) is 0 Å². The summed E-state index contributed by atoms with van der Waals surface area (Å²) in [6, 6.07) is 7.53. The summed E-state index contributed by atoms with van der Waals surface area (Å²) in [7, 11) is 1.74. The molecule has 100 valence electrons. The summed E-state index contributed by atoms with van der Waals surface area (Å²) in [5, 5.41) is 0. The smallest absolute Gasteiger partial charge is 0.236 e. The van der Waals surface area contributed by atoms with Gasteiger partial charge in [-0.05, 0) is 11.1 Å². The van der Waals surface area contributed by atoms with Crippen molar-refractivity contribution in [1.29, 1.82) is 0 Å². The number of ether oxygens (including phenoxy) is 1. The minimum atomic E-state index is -3.47. The average molecular weight is 290 g/mol. The van der Waals surface area contributed by atoms with E-state index in [-0.39, 0.29) is 5.75 Å². The van der Waals surface area contributed by atoms with E-state index in [4.69, 9.17) is 15.4 Å². The van der Waals surface area contributed by atoms with Crippen LogP contribution in [-0.2, 0) is 26.1 Å². The van der Waals surface area contributed by atoms with E-state index in [0.717, 1.165) is 38.4 Å². The molecule has 1 fully saturated rings. The summed E-state index contributed by atoms with van der Waals surface area (Å²) in [4.78, 5) is 2.32. The van der Waals surface area contributed by atoms with E-state index in [1.807, 2.05) is 24.3 Å². The summed E-state index contributed by atoms with van der Waals surface area (Å²) in [6.45, 7) is 4.32. The molecule has 0 amide bonds. The second-order valence-electron chi connectivity index (χ2n) is 4.39. The third-order valence-corrected chi connectivity index (χ3v) is 3.88. The maximum atomic E-state index is 10.9. The lowest BCUT2D eigenvalue weighted by molar-refractivity contribution is 0.0342. The van der Waals surface area contributed by atoms with Crippen molar-refractivity contribution < 1.29 is 13.2 Å². The Labute approximate surface area is 112 Å². The first-order valence-corrected chi connectivity index (χ1v) is 8.31. The van der Waals surface area contributed by atoms with Crippen molar-refractivity contribution in [3.63, 3.8) is 0 Å². The van der Waals surface area contributed by atoms with Gasteiger partial charge in [0.2, 0.25) is 9.05 Å². The van der Waals surface area contributed by atoms with Gasteiger partial charge in [0, 0.05) is 30.3 Å². The highest BCUT2D eigenvalue weighted by Crippen LogP contribution is 2.13. The maximum Gasteiger partial charge on any atom is 0.236 e. The highest BCUT2D eigenvalue weighted by Gasteiger charge is 2.11. The average Bonchev–Trinajstić information content (AvgIpc) is 2.31. The van der Waals surface area contributed by atoms with Crippen molar-refractivity contribution in [3.8, 4) is 0 Å². The van der Waals surface area contributed by atoms with Gasteiger partial charge in [-0.15, -0.1) is 0 Å². The van der Waals surface area contributed by atoms with Crippen LogP contribution in [0.15, 0.2) is 24.3 Å². The molecule has 0 atom stereocenters. The molecule has 0 radical (unpaired) electrons. The second-order valence-corrected chi connectivity index (χ2v) is 7.17. The van der Waals surface area contributed by atoms with Crippen LogP contribution in [0.1, 0.15) is 11.1 Å². The number of benzene rings is 1. The van der Waals surface area contributed by atoms with E-state index >= 15 is 0 Å². The lowest BCUT2D eigenvalue weighted by Gasteiger charge is -2.26. The molecule has 1 aliphatic rings. The number of hydrogen-bond acceptors (Lipinski definition) is 4. The topological polar surface area (TPSA) is 46.6 Å². The Morgan fingerprint density at radius 2 is 1.67 bits per heavy atom. The van der Waals surface area contributed by atoms with Crippen molar-refractivity contribution in [2.75, 3.05) is 26.3 Å². The predicted molar refractivity (Wildman–Crippen MR) is 71.0 cm³/mol. The molecule has 4 nitrogen and oxygen atoms in total. The monoisotopic (exact) mass is 289 g/mol. The lowest BCUT2D eigenvalue weighted by Crippen LogP contribution is -2.35. The number of halogens is 1. The number of morpholine rings is 1. The molecule has 0 unspecified atom stereocenters. The normalized spacial score (nSPS) is 17.8. The molecule has 0 N–H and O–H groups in total. The van der Waals surface area contributed by atoms with Crippen molar-refractivity contribution in [2.24, 2.45) is 0 Å². The summed E-state index contributed by atoms with van der Waals surface area (Å²) < 4.78 is 27.2. The molecule has 18 heavy (non-hydrogen) atoms. The fourth-order valence-corrected chi connectivity index (χ4v) is 2.93. The Kier molecular flexibility index (Phi) is 4.61. The number of hydrogen-bond donors (Lipinski definition) is 0. The van der Waals surface area contributed by atoms with Crippen LogP contribution in [0, 0.1) is 0 Å². The molecule has 0 bridgehead atoms. The number of nitrogens with zero attached hydrogens (tertiary/aromatic N) is 1. The van der Waals surface area contributed by atoms with Crippen LogP contribution in [0.25, 0.3) is 0 Å². The lowest BCUT2D eigenvalue weighted by atomic mass is 10.1. The van der Waals surface area contributed by atoms with Gasteiger partial charge < -0.3 is 4.74 Å². The van der Waals surface area contributed by atoms with Crippen molar-refractivity contribution in [2.45, 2.75) is 12.3 Å². The zero-order valence-electron chi connectivity index (χ0n) is 10.0. The summed E-state index contributed by atoms with van der Waals surface area (Å²) in [5.74, 6) is -0.119. The molecule has 1 aliphatic heterocycles. The van der Waals surface area contributed by atoms with Crippen LogP contribution in [0.2, 0.25) is 0 Å². The van der Waals surface area contributed by atoms with Crippen molar-refractivity contribution >= 4 is 19.7 Å². The fraction of sp³-hybridized carbons (Fsp3) is 0.500. The Balaban J connectivity index is 1.94. The first-order valence-electron chi connectivity index (χ1n) is 5.83. The zero-order valence-corrected chi connectivity index (χ0v) is 11.6. The van der Waals surface area contributed by atoms with Crippen LogP contribution in [-0.4, -0.2) is 39.6 Å². The molecule has 1 aromatic carbocycles. The molecule has 0 aliphatic carbocycles. The molecule has 0 spiro atoms. The second kappa shape index (κ2) is 6.02. The Bertz CT molecular complexity index is 481. The van der Waals surface area contributed by atoms with Crippen LogP contribution in [0.4, 0.5) is 0 Å². The minimum Gasteiger partial charge on any atom is -0.379 e.